The average molecular weight is 326 g/mol. The Bertz CT molecular complexity index is 596. The van der Waals surface area contributed by atoms with Crippen molar-refractivity contribution in [2.24, 2.45) is 0 Å². The Morgan fingerprint density at radius 3 is 2.14 bits per heavy atom. The van der Waals surface area contributed by atoms with Gasteiger partial charge in [0.05, 0.1) is 11.9 Å². The topological polar surface area (TPSA) is 66.5 Å². The molecule has 0 aliphatic rings. The van der Waals surface area contributed by atoms with Gasteiger partial charge in [-0.25, -0.2) is 8.42 Å². The number of aryl methyl sites for hydroxylation is 1. The van der Waals surface area contributed by atoms with Crippen LogP contribution in [0.15, 0.2) is 24.3 Å². The Labute approximate surface area is 133 Å². The Hall–Kier alpha value is -1.56. The van der Waals surface area contributed by atoms with Crippen LogP contribution in [0.3, 0.4) is 0 Å². The van der Waals surface area contributed by atoms with Crippen molar-refractivity contribution in [2.75, 3.05) is 10.6 Å². The van der Waals surface area contributed by atoms with Crippen LogP contribution in [0.4, 0.5) is 5.69 Å². The summed E-state index contributed by atoms with van der Waals surface area (Å²) in [7, 11) is -3.56. The van der Waals surface area contributed by atoms with Gasteiger partial charge < -0.3 is 5.32 Å². The molecule has 0 aliphatic heterocycles. The SMILES string of the molecule is CC[C@@H](C)NC(=O)[C@@H](CC)N(c1ccc(C)cc1)S(C)(=O)=O. The van der Waals surface area contributed by atoms with E-state index in [9.17, 15) is 13.2 Å². The first-order chi connectivity index (χ1) is 10.2. The Morgan fingerprint density at radius 1 is 1.18 bits per heavy atom. The minimum atomic E-state index is -3.56. The maximum absolute atomic E-state index is 12.5. The van der Waals surface area contributed by atoms with Gasteiger partial charge in [-0.2, -0.15) is 0 Å². The van der Waals surface area contributed by atoms with E-state index >= 15 is 0 Å². The minimum absolute atomic E-state index is 0.0148. The number of anilines is 1. The van der Waals surface area contributed by atoms with Gasteiger partial charge in [0, 0.05) is 6.04 Å². The first kappa shape index (κ1) is 18.5. The van der Waals surface area contributed by atoms with Crippen LogP contribution >= 0.6 is 0 Å². The molecule has 0 unspecified atom stereocenters. The molecule has 1 N–H and O–H groups in total. The molecular formula is C16H26N2O3S. The van der Waals surface area contributed by atoms with Crippen LogP contribution in [0.1, 0.15) is 39.2 Å². The number of sulfonamides is 1. The molecule has 5 nitrogen and oxygen atoms in total. The second-order valence-electron chi connectivity index (χ2n) is 5.64. The van der Waals surface area contributed by atoms with E-state index in [4.69, 9.17) is 0 Å². The lowest BCUT2D eigenvalue weighted by atomic mass is 10.1. The highest BCUT2D eigenvalue weighted by atomic mass is 32.2. The van der Waals surface area contributed by atoms with Crippen LogP contribution in [-0.2, 0) is 14.8 Å². The fraction of sp³-hybridized carbons (Fsp3) is 0.562. The van der Waals surface area contributed by atoms with Gasteiger partial charge in [-0.05, 0) is 38.8 Å². The van der Waals surface area contributed by atoms with E-state index in [0.717, 1.165) is 18.2 Å². The average Bonchev–Trinajstić information content (AvgIpc) is 2.44. The Morgan fingerprint density at radius 2 is 1.73 bits per heavy atom. The summed E-state index contributed by atoms with van der Waals surface area (Å²) < 4.78 is 25.7. The van der Waals surface area contributed by atoms with Crippen molar-refractivity contribution in [1.29, 1.82) is 0 Å². The van der Waals surface area contributed by atoms with Crippen molar-refractivity contribution in [3.05, 3.63) is 29.8 Å². The third-order valence-electron chi connectivity index (χ3n) is 3.62. The second-order valence-corrected chi connectivity index (χ2v) is 7.50. The van der Waals surface area contributed by atoms with Crippen molar-refractivity contribution in [2.45, 2.75) is 52.6 Å². The number of hydrogen-bond donors (Lipinski definition) is 1. The number of benzene rings is 1. The van der Waals surface area contributed by atoms with E-state index in [1.54, 1.807) is 12.1 Å². The predicted molar refractivity (Wildman–Crippen MR) is 90.5 cm³/mol. The first-order valence-corrected chi connectivity index (χ1v) is 9.42. The summed E-state index contributed by atoms with van der Waals surface area (Å²) in [5.74, 6) is -0.261. The molecule has 6 heteroatoms. The van der Waals surface area contributed by atoms with Gasteiger partial charge in [-0.1, -0.05) is 31.5 Å². The zero-order chi connectivity index (χ0) is 16.9. The highest BCUT2D eigenvalue weighted by Crippen LogP contribution is 2.23. The number of carbonyl (C=O) groups is 1. The minimum Gasteiger partial charge on any atom is -0.352 e. The molecule has 1 aromatic carbocycles. The molecule has 2 atom stereocenters. The number of nitrogens with zero attached hydrogens (tertiary/aromatic N) is 1. The van der Waals surface area contributed by atoms with Crippen LogP contribution in [0.25, 0.3) is 0 Å². The van der Waals surface area contributed by atoms with Crippen molar-refractivity contribution in [3.8, 4) is 0 Å². The lowest BCUT2D eigenvalue weighted by Crippen LogP contribution is -2.51. The quantitative estimate of drug-likeness (QED) is 0.837. The summed E-state index contributed by atoms with van der Waals surface area (Å²) in [5, 5.41) is 2.87. The van der Waals surface area contributed by atoms with Gasteiger partial charge in [0.2, 0.25) is 15.9 Å². The normalized spacial score (nSPS) is 14.2. The molecule has 0 bridgehead atoms. The van der Waals surface area contributed by atoms with Crippen molar-refractivity contribution in [1.82, 2.24) is 5.32 Å². The van der Waals surface area contributed by atoms with Crippen molar-refractivity contribution < 1.29 is 13.2 Å². The van der Waals surface area contributed by atoms with E-state index in [1.165, 1.54) is 4.31 Å². The molecule has 1 amide bonds. The zero-order valence-electron chi connectivity index (χ0n) is 14.0. The Kier molecular flexibility index (Phi) is 6.41. The standard InChI is InChI=1S/C16H26N2O3S/c1-6-13(4)17-16(19)15(7-2)18(22(5,20)21)14-10-8-12(3)9-11-14/h8-11,13,15H,6-7H2,1-5H3,(H,17,19)/t13-,15-/m1/s1. The Balaban J connectivity index is 3.19. The van der Waals surface area contributed by atoms with Crippen LogP contribution in [0.2, 0.25) is 0 Å². The summed E-state index contributed by atoms with van der Waals surface area (Å²) >= 11 is 0. The third-order valence-corrected chi connectivity index (χ3v) is 4.80. The van der Waals surface area contributed by atoms with E-state index in [1.807, 2.05) is 39.8 Å². The molecule has 0 saturated heterocycles. The molecule has 1 rings (SSSR count). The predicted octanol–water partition coefficient (Wildman–Crippen LogP) is 2.45. The molecule has 0 aromatic heterocycles. The van der Waals surface area contributed by atoms with E-state index in [-0.39, 0.29) is 11.9 Å². The molecule has 0 radical (unpaired) electrons. The van der Waals surface area contributed by atoms with Gasteiger partial charge in [0.15, 0.2) is 0 Å². The highest BCUT2D eigenvalue weighted by Gasteiger charge is 2.31. The smallest absolute Gasteiger partial charge is 0.244 e. The monoisotopic (exact) mass is 326 g/mol. The van der Waals surface area contributed by atoms with Crippen LogP contribution < -0.4 is 9.62 Å². The van der Waals surface area contributed by atoms with Crippen LogP contribution in [0, 0.1) is 6.92 Å². The maximum Gasteiger partial charge on any atom is 0.244 e. The first-order valence-electron chi connectivity index (χ1n) is 7.57. The molecular weight excluding hydrogens is 300 g/mol. The van der Waals surface area contributed by atoms with Crippen molar-refractivity contribution in [3.63, 3.8) is 0 Å². The lowest BCUT2D eigenvalue weighted by Gasteiger charge is -2.31. The highest BCUT2D eigenvalue weighted by molar-refractivity contribution is 7.92. The number of carbonyl (C=O) groups excluding carboxylic acids is 1. The molecule has 0 saturated carbocycles. The van der Waals surface area contributed by atoms with E-state index in [0.29, 0.717) is 12.1 Å². The van der Waals surface area contributed by atoms with E-state index in [2.05, 4.69) is 5.32 Å². The molecule has 0 spiro atoms. The molecule has 22 heavy (non-hydrogen) atoms. The van der Waals surface area contributed by atoms with Gasteiger partial charge in [-0.3, -0.25) is 9.10 Å². The van der Waals surface area contributed by atoms with Crippen molar-refractivity contribution >= 4 is 21.6 Å². The second kappa shape index (κ2) is 7.63. The molecule has 1 aromatic rings. The number of hydrogen-bond acceptors (Lipinski definition) is 3. The summed E-state index contributed by atoms with van der Waals surface area (Å²) in [6.45, 7) is 7.62. The van der Waals surface area contributed by atoms with Crippen LogP contribution in [-0.4, -0.2) is 32.7 Å². The van der Waals surface area contributed by atoms with Gasteiger partial charge in [0.25, 0.3) is 0 Å². The van der Waals surface area contributed by atoms with Gasteiger partial charge >= 0.3 is 0 Å². The summed E-state index contributed by atoms with van der Waals surface area (Å²) in [5.41, 5.74) is 1.55. The summed E-state index contributed by atoms with van der Waals surface area (Å²) in [6, 6.07) is 6.41. The fourth-order valence-electron chi connectivity index (χ4n) is 2.19. The zero-order valence-corrected chi connectivity index (χ0v) is 14.8. The van der Waals surface area contributed by atoms with E-state index < -0.39 is 16.1 Å². The number of amides is 1. The molecule has 0 heterocycles. The third kappa shape index (κ3) is 4.73. The molecule has 124 valence electrons. The summed E-state index contributed by atoms with van der Waals surface area (Å²) in [4.78, 5) is 12.5. The lowest BCUT2D eigenvalue weighted by molar-refractivity contribution is -0.122. The molecule has 0 aliphatic carbocycles. The maximum atomic E-state index is 12.5. The number of nitrogens with one attached hydrogen (secondary N) is 1. The molecule has 0 fully saturated rings. The number of rotatable bonds is 7. The summed E-state index contributed by atoms with van der Waals surface area (Å²) in [6.07, 6.45) is 2.33. The van der Waals surface area contributed by atoms with Gasteiger partial charge in [0.1, 0.15) is 6.04 Å². The fourth-order valence-corrected chi connectivity index (χ4v) is 3.40. The largest absolute Gasteiger partial charge is 0.352 e. The van der Waals surface area contributed by atoms with Gasteiger partial charge in [-0.15, -0.1) is 0 Å². The van der Waals surface area contributed by atoms with Crippen LogP contribution in [0.5, 0.6) is 0 Å².